The minimum absolute atomic E-state index is 0.215. The zero-order valence-corrected chi connectivity index (χ0v) is 17.1. The number of nitrogen functional groups attached to an aromatic ring is 1. The van der Waals surface area contributed by atoms with Crippen LogP contribution in [-0.2, 0) is 13.0 Å². The van der Waals surface area contributed by atoms with E-state index in [1.165, 1.54) is 16.9 Å². The van der Waals surface area contributed by atoms with Crippen LogP contribution in [0.15, 0.2) is 30.3 Å². The average molecular weight is 397 g/mol. The minimum atomic E-state index is -0.215. The van der Waals surface area contributed by atoms with Crippen molar-refractivity contribution in [1.82, 2.24) is 9.88 Å². The molecule has 1 aliphatic heterocycles. The van der Waals surface area contributed by atoms with Crippen molar-refractivity contribution >= 4 is 38.8 Å². The number of pyridine rings is 1. The number of amides is 1. The molecule has 3 aromatic rings. The molecule has 4 rings (SSSR count). The summed E-state index contributed by atoms with van der Waals surface area (Å²) in [6.45, 7) is 6.29. The number of nitrogens with one attached hydrogen (secondary N) is 1. The first-order chi connectivity index (χ1) is 13.5. The van der Waals surface area contributed by atoms with Gasteiger partial charge in [0.15, 0.2) is 0 Å². The molecule has 6 nitrogen and oxygen atoms in total. The van der Waals surface area contributed by atoms with E-state index in [1.54, 1.807) is 31.4 Å². The van der Waals surface area contributed by atoms with Gasteiger partial charge in [-0.05, 0) is 49.7 Å². The van der Waals surface area contributed by atoms with E-state index in [2.05, 4.69) is 30.1 Å². The number of methoxy groups -OCH3 is 1. The van der Waals surface area contributed by atoms with Crippen molar-refractivity contribution in [3.8, 4) is 5.75 Å². The third-order valence-corrected chi connectivity index (χ3v) is 6.30. The van der Waals surface area contributed by atoms with E-state index in [4.69, 9.17) is 15.5 Å². The number of carbonyl (C=O) groups is 1. The minimum Gasteiger partial charge on any atom is -0.497 e. The van der Waals surface area contributed by atoms with Gasteiger partial charge >= 0.3 is 0 Å². The molecule has 0 unspecified atom stereocenters. The Bertz CT molecular complexity index is 1030. The topological polar surface area (TPSA) is 80.5 Å². The monoisotopic (exact) mass is 396 g/mol. The second-order valence-corrected chi connectivity index (χ2v) is 8.29. The summed E-state index contributed by atoms with van der Waals surface area (Å²) in [5.74, 6) is 0.525. The van der Waals surface area contributed by atoms with Crippen molar-refractivity contribution in [2.45, 2.75) is 32.9 Å². The molecule has 0 saturated heterocycles. The highest BCUT2D eigenvalue weighted by atomic mass is 32.1. The van der Waals surface area contributed by atoms with Crippen molar-refractivity contribution in [1.29, 1.82) is 0 Å². The van der Waals surface area contributed by atoms with Gasteiger partial charge in [0.1, 0.15) is 15.5 Å². The summed E-state index contributed by atoms with van der Waals surface area (Å²) in [5.41, 5.74) is 9.87. The van der Waals surface area contributed by atoms with Crippen LogP contribution in [0.2, 0.25) is 0 Å². The Morgan fingerprint density at radius 3 is 2.75 bits per heavy atom. The first-order valence-electron chi connectivity index (χ1n) is 9.36. The van der Waals surface area contributed by atoms with Crippen molar-refractivity contribution in [3.63, 3.8) is 0 Å². The van der Waals surface area contributed by atoms with Crippen molar-refractivity contribution in [3.05, 3.63) is 46.5 Å². The van der Waals surface area contributed by atoms with Gasteiger partial charge in [-0.3, -0.25) is 9.69 Å². The van der Waals surface area contributed by atoms with Gasteiger partial charge in [-0.15, -0.1) is 11.3 Å². The van der Waals surface area contributed by atoms with E-state index in [-0.39, 0.29) is 5.91 Å². The molecule has 0 radical (unpaired) electrons. The number of nitrogens with two attached hydrogens (primary N) is 1. The Balaban J connectivity index is 1.63. The highest BCUT2D eigenvalue weighted by Crippen LogP contribution is 2.35. The number of ether oxygens (including phenoxy) is 1. The fraction of sp³-hybridized carbons (Fsp3) is 0.333. The van der Waals surface area contributed by atoms with Crippen LogP contribution in [-0.4, -0.2) is 35.5 Å². The second kappa shape index (κ2) is 7.41. The summed E-state index contributed by atoms with van der Waals surface area (Å²) in [7, 11) is 1.61. The molecule has 1 amide bonds. The molecule has 146 valence electrons. The molecular formula is C21H24N4O2S. The van der Waals surface area contributed by atoms with Crippen molar-refractivity contribution in [2.75, 3.05) is 24.7 Å². The summed E-state index contributed by atoms with van der Waals surface area (Å²) in [5, 5.41) is 3.77. The largest absolute Gasteiger partial charge is 0.497 e. The normalized spacial score (nSPS) is 14.3. The molecule has 0 saturated carbocycles. The number of nitrogens with zero attached hydrogens (tertiary/aromatic N) is 2. The van der Waals surface area contributed by atoms with Gasteiger partial charge in [0, 0.05) is 42.3 Å². The lowest BCUT2D eigenvalue weighted by Gasteiger charge is -2.31. The maximum absolute atomic E-state index is 12.8. The number of fused-ring (bicyclic) bond motifs is 2. The third-order valence-electron chi connectivity index (χ3n) is 5.18. The average Bonchev–Trinajstić information content (AvgIpc) is 3.02. The molecular weight excluding hydrogens is 372 g/mol. The molecule has 0 atom stereocenters. The summed E-state index contributed by atoms with van der Waals surface area (Å²) < 4.78 is 5.15. The van der Waals surface area contributed by atoms with Gasteiger partial charge in [-0.2, -0.15) is 0 Å². The van der Waals surface area contributed by atoms with Gasteiger partial charge in [0.05, 0.1) is 12.8 Å². The molecule has 3 N–H and O–H groups in total. The summed E-state index contributed by atoms with van der Waals surface area (Å²) in [6.07, 6.45) is 0.925. The van der Waals surface area contributed by atoms with E-state index in [0.717, 1.165) is 41.2 Å². The lowest BCUT2D eigenvalue weighted by Crippen LogP contribution is -2.36. The Hall–Kier alpha value is -2.64. The molecule has 0 bridgehead atoms. The Kier molecular flexibility index (Phi) is 4.95. The van der Waals surface area contributed by atoms with Gasteiger partial charge < -0.3 is 15.8 Å². The van der Waals surface area contributed by atoms with Crippen LogP contribution in [0.25, 0.3) is 10.2 Å². The number of rotatable bonds is 4. The summed E-state index contributed by atoms with van der Waals surface area (Å²) >= 11 is 1.35. The molecule has 2 aromatic heterocycles. The first kappa shape index (κ1) is 18.7. The predicted molar refractivity (Wildman–Crippen MR) is 114 cm³/mol. The van der Waals surface area contributed by atoms with Crippen LogP contribution in [0.5, 0.6) is 5.75 Å². The fourth-order valence-corrected chi connectivity index (χ4v) is 4.48. The SMILES string of the molecule is COc1ccc(NC(=O)c2sc3nc4c(cc3c2N)CN(C(C)C)CC4)cc1. The lowest BCUT2D eigenvalue weighted by atomic mass is 10.0. The number of hydrogen-bond acceptors (Lipinski definition) is 6. The molecule has 0 aliphatic carbocycles. The van der Waals surface area contributed by atoms with Gasteiger partial charge in [0.25, 0.3) is 5.91 Å². The van der Waals surface area contributed by atoms with E-state index in [0.29, 0.717) is 22.3 Å². The van der Waals surface area contributed by atoms with Crippen LogP contribution in [0, 0.1) is 0 Å². The van der Waals surface area contributed by atoms with E-state index >= 15 is 0 Å². The standard InChI is InChI=1S/C21H24N4O2S/c1-12(2)25-9-8-17-13(11-25)10-16-18(22)19(28-21(16)24-17)20(26)23-14-4-6-15(27-3)7-5-14/h4-7,10,12H,8-9,11,22H2,1-3H3,(H,23,26). The Morgan fingerprint density at radius 2 is 2.07 bits per heavy atom. The van der Waals surface area contributed by atoms with Crippen molar-refractivity contribution < 1.29 is 9.53 Å². The van der Waals surface area contributed by atoms with Crippen LogP contribution in [0.3, 0.4) is 0 Å². The van der Waals surface area contributed by atoms with Gasteiger partial charge in [0.2, 0.25) is 0 Å². The predicted octanol–water partition coefficient (Wildman–Crippen LogP) is 3.91. The number of anilines is 2. The van der Waals surface area contributed by atoms with E-state index in [9.17, 15) is 4.79 Å². The van der Waals surface area contributed by atoms with E-state index in [1.807, 2.05) is 0 Å². The molecule has 0 spiro atoms. The van der Waals surface area contributed by atoms with Crippen LogP contribution < -0.4 is 15.8 Å². The quantitative estimate of drug-likeness (QED) is 0.699. The maximum atomic E-state index is 12.8. The molecule has 1 aromatic carbocycles. The van der Waals surface area contributed by atoms with Gasteiger partial charge in [-0.1, -0.05) is 0 Å². The second-order valence-electron chi connectivity index (χ2n) is 7.29. The lowest BCUT2D eigenvalue weighted by molar-refractivity contribution is 0.103. The Morgan fingerprint density at radius 1 is 1.32 bits per heavy atom. The number of hydrogen-bond donors (Lipinski definition) is 2. The van der Waals surface area contributed by atoms with Crippen LogP contribution >= 0.6 is 11.3 Å². The fourth-order valence-electron chi connectivity index (χ4n) is 3.49. The molecule has 0 fully saturated rings. The van der Waals surface area contributed by atoms with Gasteiger partial charge in [-0.25, -0.2) is 4.98 Å². The zero-order valence-electron chi connectivity index (χ0n) is 16.3. The number of aromatic nitrogens is 1. The zero-order chi connectivity index (χ0) is 19.8. The first-order valence-corrected chi connectivity index (χ1v) is 10.2. The number of thiophene rings is 1. The highest BCUT2D eigenvalue weighted by Gasteiger charge is 2.23. The third kappa shape index (κ3) is 3.43. The Labute approximate surface area is 168 Å². The van der Waals surface area contributed by atoms with E-state index < -0.39 is 0 Å². The van der Waals surface area contributed by atoms with Crippen LogP contribution in [0.1, 0.15) is 34.8 Å². The molecule has 28 heavy (non-hydrogen) atoms. The smallest absolute Gasteiger partial charge is 0.267 e. The molecule has 1 aliphatic rings. The number of carbonyl (C=O) groups excluding carboxylic acids is 1. The summed E-state index contributed by atoms with van der Waals surface area (Å²) in [6, 6.07) is 9.83. The summed E-state index contributed by atoms with van der Waals surface area (Å²) in [4.78, 5) is 21.3. The van der Waals surface area contributed by atoms with Crippen LogP contribution in [0.4, 0.5) is 11.4 Å². The van der Waals surface area contributed by atoms with Crippen molar-refractivity contribution in [2.24, 2.45) is 0 Å². The molecule has 3 heterocycles. The molecule has 7 heteroatoms. The number of benzene rings is 1. The maximum Gasteiger partial charge on any atom is 0.267 e. The highest BCUT2D eigenvalue weighted by molar-refractivity contribution is 7.21.